The number of nitrogens with zero attached hydrogens (tertiary/aromatic N) is 2. The number of carbonyl (C=O) groups is 1. The van der Waals surface area contributed by atoms with E-state index in [1.165, 1.54) is 29.2 Å². The smallest absolute Gasteiger partial charge is 0.346 e. The number of amides is 1. The van der Waals surface area contributed by atoms with Crippen molar-refractivity contribution in [2.24, 2.45) is 0 Å². The van der Waals surface area contributed by atoms with Gasteiger partial charge in [-0.1, -0.05) is 84.6 Å². The molecule has 0 N–H and O–H groups in total. The SMILES string of the molecule is O=C1C(=Cc2ccccc2OS(=O)(=O)c2ccccc2[N+](=O)[O-])SC(=S)N1Cc1ccccc1. The van der Waals surface area contributed by atoms with E-state index in [2.05, 4.69) is 0 Å². The van der Waals surface area contributed by atoms with Crippen molar-refractivity contribution in [3.63, 3.8) is 0 Å². The number of thioether (sulfide) groups is 1. The summed E-state index contributed by atoms with van der Waals surface area (Å²) in [5.74, 6) is -0.385. The second kappa shape index (κ2) is 9.75. The highest BCUT2D eigenvalue weighted by Gasteiger charge is 2.33. The fourth-order valence-electron chi connectivity index (χ4n) is 3.20. The first-order valence-corrected chi connectivity index (χ1v) is 12.5. The Morgan fingerprint density at radius 2 is 1.65 bits per heavy atom. The minimum absolute atomic E-state index is 0.0750. The number of nitro groups is 1. The number of benzene rings is 3. The molecule has 0 unspecified atom stereocenters. The zero-order valence-electron chi connectivity index (χ0n) is 17.4. The summed E-state index contributed by atoms with van der Waals surface area (Å²) in [5.41, 5.74) is 0.631. The molecular formula is C23H16N2O6S3. The van der Waals surface area contributed by atoms with Crippen LogP contribution in [0.5, 0.6) is 5.75 Å². The Morgan fingerprint density at radius 1 is 1.00 bits per heavy atom. The van der Waals surface area contributed by atoms with Gasteiger partial charge in [0.1, 0.15) is 10.1 Å². The van der Waals surface area contributed by atoms with Crippen molar-refractivity contribution in [3.05, 3.63) is 105 Å². The lowest BCUT2D eigenvalue weighted by atomic mass is 10.2. The summed E-state index contributed by atoms with van der Waals surface area (Å²) in [4.78, 5) is 24.7. The minimum Gasteiger partial charge on any atom is -0.378 e. The van der Waals surface area contributed by atoms with Crippen molar-refractivity contribution in [2.75, 3.05) is 0 Å². The number of hydrogen-bond donors (Lipinski definition) is 0. The molecule has 1 aliphatic heterocycles. The molecule has 1 amide bonds. The zero-order valence-corrected chi connectivity index (χ0v) is 19.8. The first-order valence-electron chi connectivity index (χ1n) is 9.82. The van der Waals surface area contributed by atoms with E-state index < -0.39 is 25.6 Å². The highest BCUT2D eigenvalue weighted by Crippen LogP contribution is 2.36. The molecule has 0 radical (unpaired) electrons. The van der Waals surface area contributed by atoms with Gasteiger partial charge in [-0.2, -0.15) is 8.42 Å². The quantitative estimate of drug-likeness (QED) is 0.147. The number of hydrogen-bond acceptors (Lipinski definition) is 8. The number of nitro benzene ring substituents is 1. The normalized spacial score (nSPS) is 15.1. The zero-order chi connectivity index (χ0) is 24.3. The molecule has 1 aliphatic rings. The summed E-state index contributed by atoms with van der Waals surface area (Å²) in [6.45, 7) is 0.313. The van der Waals surface area contributed by atoms with E-state index in [-0.39, 0.29) is 11.7 Å². The molecule has 8 nitrogen and oxygen atoms in total. The van der Waals surface area contributed by atoms with Crippen LogP contribution in [0.3, 0.4) is 0 Å². The molecule has 1 saturated heterocycles. The second-order valence-corrected chi connectivity index (χ2v) is 10.2. The van der Waals surface area contributed by atoms with Crippen molar-refractivity contribution < 1.29 is 22.3 Å². The molecule has 0 atom stereocenters. The Balaban J connectivity index is 1.63. The summed E-state index contributed by atoms with van der Waals surface area (Å²) in [6, 6.07) is 20.5. The highest BCUT2D eigenvalue weighted by molar-refractivity contribution is 8.26. The molecule has 0 spiro atoms. The second-order valence-electron chi connectivity index (χ2n) is 7.05. The van der Waals surface area contributed by atoms with Gasteiger partial charge in [-0.15, -0.1) is 0 Å². The van der Waals surface area contributed by atoms with Gasteiger partial charge in [-0.3, -0.25) is 19.8 Å². The summed E-state index contributed by atoms with van der Waals surface area (Å²) in [5, 5.41) is 11.3. The maximum atomic E-state index is 13.0. The Hall–Kier alpha value is -3.54. The van der Waals surface area contributed by atoms with Gasteiger partial charge in [0.2, 0.25) is 0 Å². The largest absolute Gasteiger partial charge is 0.378 e. The van der Waals surface area contributed by atoms with Crippen LogP contribution in [-0.2, 0) is 21.5 Å². The molecule has 3 aromatic carbocycles. The Kier molecular flexibility index (Phi) is 6.77. The van der Waals surface area contributed by atoms with E-state index in [1.807, 2.05) is 30.3 Å². The maximum Gasteiger partial charge on any atom is 0.346 e. The standard InChI is InChI=1S/C23H16N2O6S3/c26-22-20(33-23(32)24(22)15-16-8-2-1-3-9-16)14-17-10-4-6-12-19(17)31-34(29,30)21-13-7-5-11-18(21)25(27)28/h1-14H,15H2. The van der Waals surface area contributed by atoms with Crippen molar-refractivity contribution in [3.8, 4) is 5.75 Å². The van der Waals surface area contributed by atoms with Gasteiger partial charge in [0.25, 0.3) is 11.6 Å². The van der Waals surface area contributed by atoms with Gasteiger partial charge in [-0.25, -0.2) is 0 Å². The molecule has 11 heteroatoms. The molecule has 4 rings (SSSR count). The topological polar surface area (TPSA) is 107 Å². The molecule has 3 aromatic rings. The van der Waals surface area contributed by atoms with Crippen molar-refractivity contribution >= 4 is 56.1 Å². The predicted octanol–water partition coefficient (Wildman–Crippen LogP) is 4.76. The lowest BCUT2D eigenvalue weighted by Gasteiger charge is -2.14. The van der Waals surface area contributed by atoms with Gasteiger partial charge < -0.3 is 4.18 Å². The average Bonchev–Trinajstić information content (AvgIpc) is 3.08. The summed E-state index contributed by atoms with van der Waals surface area (Å²) in [6.07, 6.45) is 1.49. The van der Waals surface area contributed by atoms with E-state index in [0.717, 1.165) is 29.5 Å². The van der Waals surface area contributed by atoms with Crippen LogP contribution < -0.4 is 4.18 Å². The molecule has 1 heterocycles. The minimum atomic E-state index is -4.52. The van der Waals surface area contributed by atoms with Crippen LogP contribution in [0.2, 0.25) is 0 Å². The van der Waals surface area contributed by atoms with Crippen LogP contribution in [0.25, 0.3) is 6.08 Å². The van der Waals surface area contributed by atoms with Crippen LogP contribution >= 0.6 is 24.0 Å². The van der Waals surface area contributed by atoms with E-state index in [0.29, 0.717) is 21.3 Å². The first-order chi connectivity index (χ1) is 16.3. The molecule has 0 saturated carbocycles. The fourth-order valence-corrected chi connectivity index (χ4v) is 5.57. The predicted molar refractivity (Wildman–Crippen MR) is 133 cm³/mol. The Morgan fingerprint density at radius 3 is 2.38 bits per heavy atom. The lowest BCUT2D eigenvalue weighted by molar-refractivity contribution is -0.387. The van der Waals surface area contributed by atoms with Gasteiger partial charge in [0.15, 0.2) is 4.90 Å². The monoisotopic (exact) mass is 512 g/mol. The summed E-state index contributed by atoms with van der Waals surface area (Å²) >= 11 is 6.47. The van der Waals surface area contributed by atoms with Gasteiger partial charge in [-0.05, 0) is 23.8 Å². The van der Waals surface area contributed by atoms with Crippen LogP contribution in [0.4, 0.5) is 5.69 Å². The third-order valence-electron chi connectivity index (χ3n) is 4.79. The third kappa shape index (κ3) is 5.01. The van der Waals surface area contributed by atoms with Crippen LogP contribution in [0, 0.1) is 10.1 Å². The maximum absolute atomic E-state index is 13.0. The van der Waals surface area contributed by atoms with Crippen LogP contribution in [0.1, 0.15) is 11.1 Å². The van der Waals surface area contributed by atoms with Crippen molar-refractivity contribution in [1.82, 2.24) is 4.90 Å². The third-order valence-corrected chi connectivity index (χ3v) is 7.45. The lowest BCUT2D eigenvalue weighted by Crippen LogP contribution is -2.27. The van der Waals surface area contributed by atoms with Crippen molar-refractivity contribution in [2.45, 2.75) is 11.4 Å². The highest BCUT2D eigenvalue weighted by atomic mass is 32.2. The molecular weight excluding hydrogens is 496 g/mol. The van der Waals surface area contributed by atoms with E-state index >= 15 is 0 Å². The molecule has 0 aliphatic carbocycles. The van der Waals surface area contributed by atoms with Crippen LogP contribution in [-0.4, -0.2) is 28.5 Å². The van der Waals surface area contributed by atoms with Crippen molar-refractivity contribution in [1.29, 1.82) is 0 Å². The van der Waals surface area contributed by atoms with E-state index in [1.54, 1.807) is 18.2 Å². The first kappa shape index (κ1) is 23.6. The number of rotatable bonds is 7. The Labute approximate surface area is 205 Å². The number of carbonyl (C=O) groups excluding carboxylic acids is 1. The average molecular weight is 513 g/mol. The van der Waals surface area contributed by atoms with E-state index in [9.17, 15) is 23.3 Å². The van der Waals surface area contributed by atoms with Gasteiger partial charge >= 0.3 is 10.1 Å². The van der Waals surface area contributed by atoms with Gasteiger partial charge in [0.05, 0.1) is 16.4 Å². The molecule has 172 valence electrons. The molecule has 0 aromatic heterocycles. The molecule has 1 fully saturated rings. The summed E-state index contributed by atoms with van der Waals surface area (Å²) in [7, 11) is -4.52. The number of para-hydroxylation sites is 2. The van der Waals surface area contributed by atoms with E-state index in [4.69, 9.17) is 16.4 Å². The molecule has 0 bridgehead atoms. The van der Waals surface area contributed by atoms with Gasteiger partial charge in [0, 0.05) is 11.6 Å². The van der Waals surface area contributed by atoms with Crippen LogP contribution in [0.15, 0.2) is 88.7 Å². The summed E-state index contributed by atoms with van der Waals surface area (Å²) < 4.78 is 31.3. The molecule has 34 heavy (non-hydrogen) atoms. The number of thiocarbonyl (C=S) groups is 1. The Bertz CT molecular complexity index is 1420. The fraction of sp³-hybridized carbons (Fsp3) is 0.0435.